The van der Waals surface area contributed by atoms with Gasteiger partial charge in [-0.3, -0.25) is 0 Å². The SMILES string of the molecule is Cc1cc(C(O)C(C)NCC2CCCO2)ccc1Cl. The molecule has 0 aliphatic carbocycles. The zero-order valence-electron chi connectivity index (χ0n) is 11.5. The molecule has 19 heavy (non-hydrogen) atoms. The minimum atomic E-state index is -0.530. The van der Waals surface area contributed by atoms with E-state index >= 15 is 0 Å². The molecule has 1 fully saturated rings. The number of aliphatic hydroxyl groups is 1. The van der Waals surface area contributed by atoms with Crippen molar-refractivity contribution in [2.24, 2.45) is 0 Å². The highest BCUT2D eigenvalue weighted by Crippen LogP contribution is 2.23. The molecule has 2 N–H and O–H groups in total. The molecular formula is C15H22ClNO2. The molecule has 106 valence electrons. The summed E-state index contributed by atoms with van der Waals surface area (Å²) >= 11 is 6.00. The molecule has 3 unspecified atom stereocenters. The van der Waals surface area contributed by atoms with Gasteiger partial charge >= 0.3 is 0 Å². The van der Waals surface area contributed by atoms with Crippen LogP contribution in [0, 0.1) is 6.92 Å². The Bertz CT molecular complexity index is 419. The summed E-state index contributed by atoms with van der Waals surface area (Å²) in [5.41, 5.74) is 1.89. The second kappa shape index (κ2) is 6.71. The lowest BCUT2D eigenvalue weighted by atomic mass is 10.0. The Morgan fingerprint density at radius 3 is 2.95 bits per heavy atom. The van der Waals surface area contributed by atoms with Gasteiger partial charge in [0.25, 0.3) is 0 Å². The number of hydrogen-bond donors (Lipinski definition) is 2. The van der Waals surface area contributed by atoms with Crippen LogP contribution >= 0.6 is 11.6 Å². The summed E-state index contributed by atoms with van der Waals surface area (Å²) in [6.45, 7) is 5.59. The number of halogens is 1. The maximum Gasteiger partial charge on any atom is 0.0940 e. The van der Waals surface area contributed by atoms with Crippen molar-refractivity contribution < 1.29 is 9.84 Å². The highest BCUT2D eigenvalue weighted by molar-refractivity contribution is 6.31. The maximum atomic E-state index is 10.3. The summed E-state index contributed by atoms with van der Waals surface area (Å²) in [4.78, 5) is 0. The van der Waals surface area contributed by atoms with Crippen LogP contribution in [-0.4, -0.2) is 30.4 Å². The Morgan fingerprint density at radius 2 is 2.32 bits per heavy atom. The van der Waals surface area contributed by atoms with Crippen molar-refractivity contribution in [1.29, 1.82) is 0 Å². The molecule has 1 saturated heterocycles. The molecule has 1 aromatic carbocycles. The average molecular weight is 284 g/mol. The fraction of sp³-hybridized carbons (Fsp3) is 0.600. The Kier molecular flexibility index (Phi) is 5.22. The van der Waals surface area contributed by atoms with Gasteiger partial charge in [0.05, 0.1) is 12.2 Å². The predicted molar refractivity (Wildman–Crippen MR) is 77.6 cm³/mol. The number of nitrogens with one attached hydrogen (secondary N) is 1. The van der Waals surface area contributed by atoms with Crippen molar-refractivity contribution in [1.82, 2.24) is 5.32 Å². The van der Waals surface area contributed by atoms with E-state index in [1.54, 1.807) is 0 Å². The minimum Gasteiger partial charge on any atom is -0.387 e. The van der Waals surface area contributed by atoms with Crippen molar-refractivity contribution in [2.45, 2.75) is 44.9 Å². The van der Waals surface area contributed by atoms with Gasteiger partial charge in [0, 0.05) is 24.2 Å². The van der Waals surface area contributed by atoms with E-state index < -0.39 is 6.10 Å². The monoisotopic (exact) mass is 283 g/mol. The lowest BCUT2D eigenvalue weighted by Gasteiger charge is -2.22. The molecule has 0 bridgehead atoms. The zero-order valence-corrected chi connectivity index (χ0v) is 12.3. The summed E-state index contributed by atoms with van der Waals surface area (Å²) in [5.74, 6) is 0. The van der Waals surface area contributed by atoms with E-state index in [0.29, 0.717) is 6.10 Å². The van der Waals surface area contributed by atoms with Gasteiger partial charge in [-0.1, -0.05) is 23.7 Å². The molecule has 1 heterocycles. The van der Waals surface area contributed by atoms with Gasteiger partial charge in [0.2, 0.25) is 0 Å². The van der Waals surface area contributed by atoms with Crippen LogP contribution in [0.4, 0.5) is 0 Å². The Hall–Kier alpha value is -0.610. The van der Waals surface area contributed by atoms with E-state index in [1.165, 1.54) is 0 Å². The second-order valence-electron chi connectivity index (χ2n) is 5.29. The number of rotatable bonds is 5. The minimum absolute atomic E-state index is 0.00947. The lowest BCUT2D eigenvalue weighted by molar-refractivity contribution is 0.0910. The fourth-order valence-corrected chi connectivity index (χ4v) is 2.49. The van der Waals surface area contributed by atoms with Gasteiger partial charge in [-0.25, -0.2) is 0 Å². The molecule has 1 aliphatic rings. The maximum absolute atomic E-state index is 10.3. The smallest absolute Gasteiger partial charge is 0.0940 e. The van der Waals surface area contributed by atoms with Crippen molar-refractivity contribution in [3.8, 4) is 0 Å². The summed E-state index contributed by atoms with van der Waals surface area (Å²) in [7, 11) is 0. The quantitative estimate of drug-likeness (QED) is 0.873. The fourth-order valence-electron chi connectivity index (χ4n) is 2.37. The molecular weight excluding hydrogens is 262 g/mol. The van der Waals surface area contributed by atoms with Crippen LogP contribution in [-0.2, 0) is 4.74 Å². The van der Waals surface area contributed by atoms with E-state index in [2.05, 4.69) is 5.32 Å². The largest absolute Gasteiger partial charge is 0.387 e. The first kappa shape index (κ1) is 14.8. The van der Waals surface area contributed by atoms with E-state index in [1.807, 2.05) is 32.0 Å². The summed E-state index contributed by atoms with van der Waals surface area (Å²) in [6, 6.07) is 5.65. The van der Waals surface area contributed by atoms with E-state index in [-0.39, 0.29) is 6.04 Å². The van der Waals surface area contributed by atoms with Gasteiger partial charge in [0.1, 0.15) is 0 Å². The Morgan fingerprint density at radius 1 is 1.53 bits per heavy atom. The number of hydrogen-bond acceptors (Lipinski definition) is 3. The first-order valence-electron chi connectivity index (χ1n) is 6.87. The highest BCUT2D eigenvalue weighted by Gasteiger charge is 2.20. The van der Waals surface area contributed by atoms with E-state index in [4.69, 9.17) is 16.3 Å². The van der Waals surface area contributed by atoms with Gasteiger partial charge in [-0.2, -0.15) is 0 Å². The summed E-state index contributed by atoms with van der Waals surface area (Å²) in [6.07, 6.45) is 2.01. The third-order valence-electron chi connectivity index (χ3n) is 3.69. The second-order valence-corrected chi connectivity index (χ2v) is 5.69. The normalized spacial score (nSPS) is 22.4. The van der Waals surface area contributed by atoms with Crippen LogP contribution in [0.3, 0.4) is 0 Å². The highest BCUT2D eigenvalue weighted by atomic mass is 35.5. The van der Waals surface area contributed by atoms with Crippen LogP contribution in [0.1, 0.15) is 37.0 Å². The van der Waals surface area contributed by atoms with Crippen LogP contribution in [0.15, 0.2) is 18.2 Å². The molecule has 2 rings (SSSR count). The molecule has 0 spiro atoms. The first-order valence-corrected chi connectivity index (χ1v) is 7.25. The molecule has 0 amide bonds. The van der Waals surface area contributed by atoms with Crippen LogP contribution in [0.2, 0.25) is 5.02 Å². The molecule has 1 aliphatic heterocycles. The van der Waals surface area contributed by atoms with Gasteiger partial charge in [-0.05, 0) is 43.9 Å². The van der Waals surface area contributed by atoms with Crippen molar-refractivity contribution in [3.05, 3.63) is 34.3 Å². The standard InChI is InChI=1S/C15H22ClNO2/c1-10-8-12(5-6-14(10)16)15(18)11(2)17-9-13-4-3-7-19-13/h5-6,8,11,13,15,17-18H,3-4,7,9H2,1-2H3. The average Bonchev–Trinajstić information content (AvgIpc) is 2.91. The van der Waals surface area contributed by atoms with Crippen molar-refractivity contribution in [3.63, 3.8) is 0 Å². The van der Waals surface area contributed by atoms with Crippen molar-refractivity contribution >= 4 is 11.6 Å². The number of aliphatic hydroxyl groups excluding tert-OH is 1. The topological polar surface area (TPSA) is 41.5 Å². The third kappa shape index (κ3) is 3.93. The van der Waals surface area contributed by atoms with Crippen LogP contribution in [0.25, 0.3) is 0 Å². The van der Waals surface area contributed by atoms with Gasteiger partial charge in [0.15, 0.2) is 0 Å². The van der Waals surface area contributed by atoms with E-state index in [0.717, 1.165) is 42.1 Å². The molecule has 1 aromatic rings. The van der Waals surface area contributed by atoms with E-state index in [9.17, 15) is 5.11 Å². The number of benzene rings is 1. The number of ether oxygens (including phenoxy) is 1. The van der Waals surface area contributed by atoms with Crippen LogP contribution in [0.5, 0.6) is 0 Å². The Balaban J connectivity index is 1.89. The third-order valence-corrected chi connectivity index (χ3v) is 4.11. The predicted octanol–water partition coefficient (Wildman–Crippen LogP) is 2.84. The molecule has 0 aromatic heterocycles. The molecule has 3 atom stereocenters. The summed E-state index contributed by atoms with van der Waals surface area (Å²) < 4.78 is 5.56. The van der Waals surface area contributed by atoms with Crippen LogP contribution < -0.4 is 5.32 Å². The molecule has 3 nitrogen and oxygen atoms in total. The van der Waals surface area contributed by atoms with Crippen molar-refractivity contribution in [2.75, 3.05) is 13.2 Å². The molecule has 4 heteroatoms. The number of aryl methyl sites for hydroxylation is 1. The van der Waals surface area contributed by atoms with Gasteiger partial charge < -0.3 is 15.2 Å². The molecule has 0 saturated carbocycles. The zero-order chi connectivity index (χ0) is 13.8. The first-order chi connectivity index (χ1) is 9.08. The Labute approximate surface area is 119 Å². The van der Waals surface area contributed by atoms with Gasteiger partial charge in [-0.15, -0.1) is 0 Å². The molecule has 0 radical (unpaired) electrons. The summed E-state index contributed by atoms with van der Waals surface area (Å²) in [5, 5.41) is 14.4. The lowest BCUT2D eigenvalue weighted by Crippen LogP contribution is -2.37.